The second-order valence-corrected chi connectivity index (χ2v) is 7.04. The van der Waals surface area contributed by atoms with Crippen LogP contribution in [0, 0.1) is 6.92 Å². The van der Waals surface area contributed by atoms with Crippen LogP contribution < -0.4 is 10.9 Å². The molecule has 0 aliphatic carbocycles. The van der Waals surface area contributed by atoms with Gasteiger partial charge in [0.1, 0.15) is 5.39 Å². The van der Waals surface area contributed by atoms with E-state index in [9.17, 15) is 9.59 Å². The molecular weight excluding hydrogens is 390 g/mol. The number of hydrogen-bond donors (Lipinski definition) is 1. The predicted octanol–water partition coefficient (Wildman–Crippen LogP) is 3.57. The first-order valence-corrected chi connectivity index (χ1v) is 9.45. The molecule has 0 saturated heterocycles. The molecule has 1 N–H and O–H groups in total. The number of hydrogen-bond acceptors (Lipinski definition) is 4. The van der Waals surface area contributed by atoms with Crippen LogP contribution in [0.15, 0.2) is 65.8 Å². The SMILES string of the molecule is Cc1ccc(NC(=O)CCn2cnc3c(cnn3-c3ccccc3)c2=O)cc1Cl. The first-order chi connectivity index (χ1) is 14.0. The van der Waals surface area contributed by atoms with Crippen molar-refractivity contribution in [2.45, 2.75) is 19.9 Å². The monoisotopic (exact) mass is 407 g/mol. The number of anilines is 1. The Kier molecular flexibility index (Phi) is 5.14. The Morgan fingerprint density at radius 2 is 1.97 bits per heavy atom. The van der Waals surface area contributed by atoms with Gasteiger partial charge in [0.25, 0.3) is 5.56 Å². The minimum Gasteiger partial charge on any atom is -0.326 e. The molecule has 4 aromatic rings. The van der Waals surface area contributed by atoms with Crippen LogP contribution >= 0.6 is 11.6 Å². The maximum absolute atomic E-state index is 12.7. The quantitative estimate of drug-likeness (QED) is 0.548. The molecule has 4 rings (SSSR count). The average Bonchev–Trinajstić information content (AvgIpc) is 3.16. The lowest BCUT2D eigenvalue weighted by Gasteiger charge is -2.08. The van der Waals surface area contributed by atoms with Crippen LogP contribution in [0.4, 0.5) is 5.69 Å². The van der Waals surface area contributed by atoms with Crippen LogP contribution in [0.25, 0.3) is 16.7 Å². The fourth-order valence-electron chi connectivity index (χ4n) is 2.98. The Labute approximate surface area is 171 Å². The van der Waals surface area contributed by atoms with Gasteiger partial charge < -0.3 is 5.32 Å². The number of carbonyl (C=O) groups is 1. The van der Waals surface area contributed by atoms with E-state index in [0.717, 1.165) is 11.3 Å². The molecule has 0 spiro atoms. The number of rotatable bonds is 5. The van der Waals surface area contributed by atoms with Gasteiger partial charge in [-0.25, -0.2) is 9.67 Å². The van der Waals surface area contributed by atoms with Gasteiger partial charge in [0.15, 0.2) is 5.65 Å². The van der Waals surface area contributed by atoms with Crippen molar-refractivity contribution in [3.05, 3.63) is 82.0 Å². The standard InChI is InChI=1S/C21H18ClN5O2/c1-14-7-8-15(11-18(14)22)25-19(28)9-10-26-13-23-20-17(21(26)29)12-24-27(20)16-5-3-2-4-6-16/h2-8,11-13H,9-10H2,1H3,(H,25,28). The number of benzene rings is 2. The van der Waals surface area contributed by atoms with E-state index in [4.69, 9.17) is 11.6 Å². The Bertz CT molecular complexity index is 1250. The maximum atomic E-state index is 12.7. The highest BCUT2D eigenvalue weighted by Crippen LogP contribution is 2.20. The molecule has 0 radical (unpaired) electrons. The lowest BCUT2D eigenvalue weighted by molar-refractivity contribution is -0.116. The van der Waals surface area contributed by atoms with Crippen molar-refractivity contribution in [2.24, 2.45) is 0 Å². The highest BCUT2D eigenvalue weighted by Gasteiger charge is 2.12. The van der Waals surface area contributed by atoms with Crippen molar-refractivity contribution in [2.75, 3.05) is 5.32 Å². The number of halogens is 1. The van der Waals surface area contributed by atoms with E-state index in [2.05, 4.69) is 15.4 Å². The molecule has 0 aliphatic rings. The van der Waals surface area contributed by atoms with E-state index in [0.29, 0.717) is 21.7 Å². The first kappa shape index (κ1) is 18.9. The first-order valence-electron chi connectivity index (χ1n) is 9.07. The van der Waals surface area contributed by atoms with Gasteiger partial charge in [-0.1, -0.05) is 35.9 Å². The third-order valence-electron chi connectivity index (χ3n) is 4.59. The molecule has 2 aromatic heterocycles. The molecule has 0 bridgehead atoms. The van der Waals surface area contributed by atoms with Crippen molar-refractivity contribution in [1.82, 2.24) is 19.3 Å². The number of amides is 1. The summed E-state index contributed by atoms with van der Waals surface area (Å²) in [5.74, 6) is -0.211. The van der Waals surface area contributed by atoms with Gasteiger partial charge in [-0.05, 0) is 36.8 Å². The molecule has 146 valence electrons. The number of aromatic nitrogens is 4. The summed E-state index contributed by atoms with van der Waals surface area (Å²) in [6, 6.07) is 14.8. The minimum absolute atomic E-state index is 0.130. The molecule has 0 unspecified atom stereocenters. The Morgan fingerprint density at radius 3 is 2.72 bits per heavy atom. The molecule has 29 heavy (non-hydrogen) atoms. The third-order valence-corrected chi connectivity index (χ3v) is 5.00. The number of nitrogens with one attached hydrogen (secondary N) is 1. The van der Waals surface area contributed by atoms with Crippen molar-refractivity contribution in [3.8, 4) is 5.69 Å². The lowest BCUT2D eigenvalue weighted by Crippen LogP contribution is -2.23. The third kappa shape index (κ3) is 3.90. The second kappa shape index (κ2) is 7.89. The summed E-state index contributed by atoms with van der Waals surface area (Å²) in [7, 11) is 0. The highest BCUT2D eigenvalue weighted by molar-refractivity contribution is 6.31. The summed E-state index contributed by atoms with van der Waals surface area (Å²) >= 11 is 6.08. The van der Waals surface area contributed by atoms with Crippen molar-refractivity contribution in [3.63, 3.8) is 0 Å². The molecule has 0 saturated carbocycles. The Balaban J connectivity index is 1.50. The van der Waals surface area contributed by atoms with E-state index < -0.39 is 0 Å². The largest absolute Gasteiger partial charge is 0.326 e. The van der Waals surface area contributed by atoms with Gasteiger partial charge in [0.05, 0.1) is 18.2 Å². The van der Waals surface area contributed by atoms with E-state index >= 15 is 0 Å². The summed E-state index contributed by atoms with van der Waals surface area (Å²) in [4.78, 5) is 29.4. The molecule has 2 heterocycles. The predicted molar refractivity (Wildman–Crippen MR) is 113 cm³/mol. The zero-order valence-corrected chi connectivity index (χ0v) is 16.4. The van der Waals surface area contributed by atoms with E-state index in [1.807, 2.05) is 43.3 Å². The molecule has 0 fully saturated rings. The highest BCUT2D eigenvalue weighted by atomic mass is 35.5. The van der Waals surface area contributed by atoms with Gasteiger partial charge in [-0.15, -0.1) is 0 Å². The number of aryl methyl sites for hydroxylation is 2. The number of nitrogens with zero attached hydrogens (tertiary/aromatic N) is 4. The maximum Gasteiger partial charge on any atom is 0.264 e. The molecule has 7 nitrogen and oxygen atoms in total. The van der Waals surface area contributed by atoms with Crippen LogP contribution in [0.2, 0.25) is 5.02 Å². The fourth-order valence-corrected chi connectivity index (χ4v) is 3.16. The van der Waals surface area contributed by atoms with Crippen LogP contribution in [0.3, 0.4) is 0 Å². The Morgan fingerprint density at radius 1 is 1.17 bits per heavy atom. The topological polar surface area (TPSA) is 81.8 Å². The summed E-state index contributed by atoms with van der Waals surface area (Å²) in [5, 5.41) is 8.06. The second-order valence-electron chi connectivity index (χ2n) is 6.63. The zero-order chi connectivity index (χ0) is 20.4. The molecule has 0 aliphatic heterocycles. The Hall–Kier alpha value is -3.45. The van der Waals surface area contributed by atoms with E-state index in [1.165, 1.54) is 17.1 Å². The van der Waals surface area contributed by atoms with Crippen molar-refractivity contribution < 1.29 is 4.79 Å². The normalized spacial score (nSPS) is 11.0. The summed E-state index contributed by atoms with van der Waals surface area (Å²) < 4.78 is 3.04. The summed E-state index contributed by atoms with van der Waals surface area (Å²) in [5.41, 5.74) is 2.63. The molecule has 0 atom stereocenters. The molecule has 2 aromatic carbocycles. The van der Waals surface area contributed by atoms with Crippen LogP contribution in [-0.4, -0.2) is 25.2 Å². The van der Waals surface area contributed by atoms with Gasteiger partial charge in [-0.3, -0.25) is 14.2 Å². The number of fused-ring (bicyclic) bond motifs is 1. The van der Waals surface area contributed by atoms with Crippen molar-refractivity contribution in [1.29, 1.82) is 0 Å². The number of carbonyl (C=O) groups excluding carboxylic acids is 1. The summed E-state index contributed by atoms with van der Waals surface area (Å²) in [6.45, 7) is 2.10. The van der Waals surface area contributed by atoms with Gasteiger partial charge in [0.2, 0.25) is 5.91 Å². The van der Waals surface area contributed by atoms with E-state index in [1.54, 1.807) is 16.8 Å². The van der Waals surface area contributed by atoms with Gasteiger partial charge in [0, 0.05) is 23.7 Å². The minimum atomic E-state index is -0.233. The van der Waals surface area contributed by atoms with Gasteiger partial charge >= 0.3 is 0 Å². The van der Waals surface area contributed by atoms with Crippen molar-refractivity contribution >= 4 is 34.2 Å². The van der Waals surface area contributed by atoms with E-state index in [-0.39, 0.29) is 24.4 Å². The van der Waals surface area contributed by atoms with Crippen LogP contribution in [-0.2, 0) is 11.3 Å². The number of para-hydroxylation sites is 1. The molecule has 1 amide bonds. The summed E-state index contributed by atoms with van der Waals surface area (Å²) in [6.07, 6.45) is 3.08. The smallest absolute Gasteiger partial charge is 0.264 e. The van der Waals surface area contributed by atoms with Crippen LogP contribution in [0.5, 0.6) is 0 Å². The zero-order valence-electron chi connectivity index (χ0n) is 15.7. The van der Waals surface area contributed by atoms with Gasteiger partial charge in [-0.2, -0.15) is 5.10 Å². The average molecular weight is 408 g/mol. The fraction of sp³-hybridized carbons (Fsp3) is 0.143. The molecule has 8 heteroatoms. The lowest BCUT2D eigenvalue weighted by atomic mass is 10.2. The molecular formula is C21H18ClN5O2. The van der Waals surface area contributed by atoms with Crippen LogP contribution in [0.1, 0.15) is 12.0 Å².